The molecular weight excluding hydrogens is 372 g/mol. The zero-order chi connectivity index (χ0) is 19.8. The summed E-state index contributed by atoms with van der Waals surface area (Å²) in [5, 5.41) is 11.4. The van der Waals surface area contributed by atoms with Gasteiger partial charge in [-0.2, -0.15) is 0 Å². The number of nitrogens with one attached hydrogen (secondary N) is 1. The van der Waals surface area contributed by atoms with E-state index in [4.69, 9.17) is 9.47 Å². The highest BCUT2D eigenvalue weighted by Crippen LogP contribution is 2.37. The Morgan fingerprint density at radius 1 is 1.07 bits per heavy atom. The molecule has 4 aromatic rings. The summed E-state index contributed by atoms with van der Waals surface area (Å²) in [7, 11) is 0. The fourth-order valence-corrected chi connectivity index (χ4v) is 3.16. The van der Waals surface area contributed by atoms with Gasteiger partial charge in [-0.05, 0) is 24.3 Å². The number of aliphatic imine (C=N–C) groups is 1. The average molecular weight is 386 g/mol. The van der Waals surface area contributed by atoms with Crippen LogP contribution in [0.1, 0.15) is 5.56 Å². The van der Waals surface area contributed by atoms with Gasteiger partial charge in [-0.1, -0.05) is 30.3 Å². The highest BCUT2D eigenvalue weighted by atomic mass is 16.7. The van der Waals surface area contributed by atoms with Gasteiger partial charge in [-0.3, -0.25) is 15.1 Å². The number of nitro groups is 1. The lowest BCUT2D eigenvalue weighted by Gasteiger charge is -2.00. The number of ether oxygens (including phenoxy) is 2. The highest BCUT2D eigenvalue weighted by molar-refractivity contribution is 5.90. The van der Waals surface area contributed by atoms with Crippen LogP contribution in [-0.4, -0.2) is 27.9 Å². The molecule has 1 aliphatic heterocycles. The van der Waals surface area contributed by atoms with Crippen molar-refractivity contribution >= 4 is 28.6 Å². The Labute approximate surface area is 164 Å². The molecule has 5 rings (SSSR count). The van der Waals surface area contributed by atoms with Crippen LogP contribution >= 0.6 is 0 Å². The fourth-order valence-electron chi connectivity index (χ4n) is 3.16. The summed E-state index contributed by atoms with van der Waals surface area (Å²) in [6, 6.07) is 18.3. The Morgan fingerprint density at radius 2 is 1.86 bits per heavy atom. The molecule has 0 spiro atoms. The van der Waals surface area contributed by atoms with Crippen molar-refractivity contribution in [3.05, 3.63) is 76.3 Å². The van der Waals surface area contributed by atoms with Crippen molar-refractivity contribution in [1.29, 1.82) is 0 Å². The van der Waals surface area contributed by atoms with Gasteiger partial charge < -0.3 is 14.5 Å². The fraction of sp³-hybridized carbons (Fsp3) is 0.0476. The van der Waals surface area contributed by atoms with Gasteiger partial charge in [0.25, 0.3) is 5.69 Å². The largest absolute Gasteiger partial charge is 0.454 e. The van der Waals surface area contributed by atoms with E-state index >= 15 is 0 Å². The Morgan fingerprint density at radius 3 is 2.66 bits per heavy atom. The molecule has 0 aliphatic carbocycles. The molecule has 1 aromatic heterocycles. The minimum Gasteiger partial charge on any atom is -0.454 e. The summed E-state index contributed by atoms with van der Waals surface area (Å²) in [6.07, 6.45) is 1.45. The second-order valence-corrected chi connectivity index (χ2v) is 6.43. The molecule has 0 saturated carbocycles. The van der Waals surface area contributed by atoms with E-state index in [0.29, 0.717) is 22.7 Å². The lowest BCUT2D eigenvalue weighted by molar-refractivity contribution is -0.385. The summed E-state index contributed by atoms with van der Waals surface area (Å²) in [5.41, 5.74) is 3.54. The summed E-state index contributed by atoms with van der Waals surface area (Å²) in [4.78, 5) is 23.2. The van der Waals surface area contributed by atoms with Crippen LogP contribution in [0, 0.1) is 10.1 Å². The van der Waals surface area contributed by atoms with Gasteiger partial charge in [0, 0.05) is 11.8 Å². The Bertz CT molecular complexity index is 1260. The van der Waals surface area contributed by atoms with Crippen LogP contribution in [0.15, 0.2) is 65.7 Å². The summed E-state index contributed by atoms with van der Waals surface area (Å²) < 4.78 is 10.5. The molecule has 8 heteroatoms. The third-order valence-corrected chi connectivity index (χ3v) is 4.58. The molecule has 0 radical (unpaired) electrons. The molecule has 0 amide bonds. The standard InChI is InChI=1S/C21H14N4O4/c26-25(27)18-10-20-19(28-12-29-20)8-14(18)11-22-15-6-7-16-17(9-15)24-21(23-16)13-4-2-1-3-5-13/h1-11H,12H2,(H,23,24). The van der Waals surface area contributed by atoms with E-state index in [9.17, 15) is 10.1 Å². The van der Waals surface area contributed by atoms with Crippen molar-refractivity contribution in [2.75, 3.05) is 6.79 Å². The second-order valence-electron chi connectivity index (χ2n) is 6.43. The van der Waals surface area contributed by atoms with Crippen molar-refractivity contribution in [3.8, 4) is 22.9 Å². The second kappa shape index (κ2) is 6.75. The van der Waals surface area contributed by atoms with Crippen molar-refractivity contribution in [1.82, 2.24) is 9.97 Å². The number of rotatable bonds is 4. The Kier molecular flexibility index (Phi) is 3.94. The normalized spacial score (nSPS) is 12.7. The van der Waals surface area contributed by atoms with Gasteiger partial charge in [0.05, 0.1) is 33.3 Å². The topological polar surface area (TPSA) is 103 Å². The maximum Gasteiger partial charge on any atom is 0.282 e. The van der Waals surface area contributed by atoms with E-state index in [2.05, 4.69) is 15.0 Å². The molecule has 1 N–H and O–H groups in total. The van der Waals surface area contributed by atoms with Crippen molar-refractivity contribution in [2.24, 2.45) is 4.99 Å². The van der Waals surface area contributed by atoms with Crippen LogP contribution in [0.3, 0.4) is 0 Å². The highest BCUT2D eigenvalue weighted by Gasteiger charge is 2.22. The lowest BCUT2D eigenvalue weighted by atomic mass is 10.1. The molecule has 0 bridgehead atoms. The van der Waals surface area contributed by atoms with Gasteiger partial charge in [-0.25, -0.2) is 4.98 Å². The van der Waals surface area contributed by atoms with Gasteiger partial charge in [0.15, 0.2) is 11.5 Å². The third-order valence-electron chi connectivity index (χ3n) is 4.58. The summed E-state index contributed by atoms with van der Waals surface area (Å²) >= 11 is 0. The van der Waals surface area contributed by atoms with Crippen LogP contribution in [0.2, 0.25) is 0 Å². The number of hydrogen-bond acceptors (Lipinski definition) is 6. The van der Waals surface area contributed by atoms with Gasteiger partial charge in [-0.15, -0.1) is 0 Å². The number of benzene rings is 3. The first-order valence-corrected chi connectivity index (χ1v) is 8.85. The quantitative estimate of drug-likeness (QED) is 0.313. The zero-order valence-corrected chi connectivity index (χ0v) is 15.0. The first kappa shape index (κ1) is 16.9. The predicted molar refractivity (Wildman–Crippen MR) is 108 cm³/mol. The lowest BCUT2D eigenvalue weighted by Crippen LogP contribution is -1.94. The summed E-state index contributed by atoms with van der Waals surface area (Å²) in [5.74, 6) is 1.60. The molecule has 0 atom stereocenters. The van der Waals surface area contributed by atoms with Crippen molar-refractivity contribution in [2.45, 2.75) is 0 Å². The molecule has 0 fully saturated rings. The van der Waals surface area contributed by atoms with Crippen molar-refractivity contribution in [3.63, 3.8) is 0 Å². The van der Waals surface area contributed by atoms with Gasteiger partial charge in [0.2, 0.25) is 6.79 Å². The number of aromatic nitrogens is 2. The Balaban J connectivity index is 1.49. The average Bonchev–Trinajstić information content (AvgIpc) is 3.38. The van der Waals surface area contributed by atoms with E-state index in [0.717, 1.165) is 22.4 Å². The monoisotopic (exact) mass is 386 g/mol. The number of nitro benzene ring substituents is 1. The first-order chi connectivity index (χ1) is 14.2. The van der Waals surface area contributed by atoms with E-state index in [1.54, 1.807) is 6.07 Å². The molecule has 1 aliphatic rings. The van der Waals surface area contributed by atoms with Gasteiger partial charge in [0.1, 0.15) is 5.82 Å². The molecular formula is C21H14N4O4. The van der Waals surface area contributed by atoms with E-state index in [1.807, 2.05) is 48.5 Å². The predicted octanol–water partition coefficient (Wildman–Crippen LogP) is 4.62. The Hall–Kier alpha value is -4.20. The van der Waals surface area contributed by atoms with Crippen LogP contribution in [-0.2, 0) is 0 Å². The number of nitrogens with zero attached hydrogens (tertiary/aromatic N) is 3. The molecule has 142 valence electrons. The van der Waals surface area contributed by atoms with Crippen LogP contribution in [0.4, 0.5) is 11.4 Å². The minimum atomic E-state index is -0.465. The van der Waals surface area contributed by atoms with Gasteiger partial charge >= 0.3 is 0 Å². The smallest absolute Gasteiger partial charge is 0.282 e. The molecule has 0 saturated heterocycles. The zero-order valence-electron chi connectivity index (χ0n) is 15.0. The maximum absolute atomic E-state index is 11.4. The first-order valence-electron chi connectivity index (χ1n) is 8.85. The number of fused-ring (bicyclic) bond motifs is 2. The van der Waals surface area contributed by atoms with Crippen LogP contribution in [0.5, 0.6) is 11.5 Å². The minimum absolute atomic E-state index is 0.0489. The molecule has 2 heterocycles. The molecule has 29 heavy (non-hydrogen) atoms. The third kappa shape index (κ3) is 3.16. The summed E-state index contributed by atoms with van der Waals surface area (Å²) in [6.45, 7) is 0.0489. The molecule has 3 aromatic carbocycles. The molecule has 8 nitrogen and oxygen atoms in total. The maximum atomic E-state index is 11.4. The van der Waals surface area contributed by atoms with E-state index in [-0.39, 0.29) is 12.5 Å². The number of H-pyrrole nitrogens is 1. The SMILES string of the molecule is O=[N+]([O-])c1cc2c(cc1C=Nc1ccc3nc(-c4ccccc4)[nH]c3c1)OCO2. The van der Waals surface area contributed by atoms with Crippen LogP contribution in [0.25, 0.3) is 22.4 Å². The number of hydrogen-bond donors (Lipinski definition) is 1. The van der Waals surface area contributed by atoms with Crippen molar-refractivity contribution < 1.29 is 14.4 Å². The number of imidazole rings is 1. The van der Waals surface area contributed by atoms with E-state index in [1.165, 1.54) is 12.3 Å². The number of aromatic amines is 1. The van der Waals surface area contributed by atoms with E-state index < -0.39 is 4.92 Å². The molecule has 0 unspecified atom stereocenters. The van der Waals surface area contributed by atoms with Crippen LogP contribution < -0.4 is 9.47 Å².